The molecule has 4 heterocycles. The Morgan fingerprint density at radius 1 is 0.958 bits per heavy atom. The number of aliphatic carboxylic acids is 1. The Bertz CT molecular complexity index is 1460. The second-order valence-corrected chi connectivity index (χ2v) is 12.0. The van der Waals surface area contributed by atoms with Crippen molar-refractivity contribution in [3.05, 3.63) is 41.0 Å². The van der Waals surface area contributed by atoms with Gasteiger partial charge >= 0.3 is 11.9 Å². The fourth-order valence-corrected chi connectivity index (χ4v) is 6.31. The maximum Gasteiger partial charge on any atom is 0.317 e. The van der Waals surface area contributed by atoms with E-state index in [9.17, 15) is 24.9 Å². The lowest BCUT2D eigenvalue weighted by Gasteiger charge is -2.41. The van der Waals surface area contributed by atoms with Crippen molar-refractivity contribution in [1.29, 1.82) is 0 Å². The van der Waals surface area contributed by atoms with Gasteiger partial charge in [-0.3, -0.25) is 9.59 Å². The van der Waals surface area contributed by atoms with E-state index in [1.165, 1.54) is 0 Å². The number of ether oxygens (including phenoxy) is 7. The van der Waals surface area contributed by atoms with Gasteiger partial charge in [0.15, 0.2) is 29.6 Å². The standard InChI is InChI=1S/C33H40O15/c1-2-3-4-6-17-9-18(10-20-29(17)42-14-21-19-11-23-24(44-16-43-23)12-22(19)45-30(20)21)47-48-32-28(38)31(40-8-5-7-34)25(46-33(32)39)15-41-27(37)13-26(35)36/h9-12,21,25,28,30-34,38-39H,2-8,13-16H2,1H3,(H,35,36)/t21-,25-,28+,30-,31-,32-,33-/m1/s1. The molecule has 6 rings (SSSR count). The summed E-state index contributed by atoms with van der Waals surface area (Å²) < 4.78 is 40.2. The van der Waals surface area contributed by atoms with Crippen molar-refractivity contribution in [2.75, 3.05) is 33.2 Å². The third-order valence-electron chi connectivity index (χ3n) is 8.66. The Balaban J connectivity index is 1.20. The van der Waals surface area contributed by atoms with E-state index in [0.29, 0.717) is 36.0 Å². The maximum absolute atomic E-state index is 11.8. The maximum atomic E-state index is 11.8. The van der Waals surface area contributed by atoms with E-state index in [2.05, 4.69) is 6.92 Å². The van der Waals surface area contributed by atoms with Gasteiger partial charge in [0.1, 0.15) is 48.9 Å². The summed E-state index contributed by atoms with van der Waals surface area (Å²) in [6, 6.07) is 7.28. The molecule has 0 spiro atoms. The Kier molecular flexibility index (Phi) is 10.7. The van der Waals surface area contributed by atoms with Gasteiger partial charge in [0.05, 0.1) is 12.5 Å². The molecule has 262 valence electrons. The molecule has 0 bridgehead atoms. The predicted molar refractivity (Wildman–Crippen MR) is 161 cm³/mol. The number of benzene rings is 2. The minimum absolute atomic E-state index is 0.00293. The highest BCUT2D eigenvalue weighted by Crippen LogP contribution is 2.55. The van der Waals surface area contributed by atoms with Crippen LogP contribution in [0.25, 0.3) is 0 Å². The van der Waals surface area contributed by atoms with E-state index in [-0.39, 0.29) is 44.2 Å². The number of unbranched alkanes of at least 4 members (excludes halogenated alkanes) is 2. The second kappa shape index (κ2) is 15.1. The molecular weight excluding hydrogens is 636 g/mol. The molecule has 0 amide bonds. The monoisotopic (exact) mass is 676 g/mol. The molecule has 1 fully saturated rings. The number of carboxylic acids is 1. The van der Waals surface area contributed by atoms with Crippen LogP contribution in [0.15, 0.2) is 24.3 Å². The summed E-state index contributed by atoms with van der Waals surface area (Å²) in [6.07, 6.45) is -4.48. The Labute approximate surface area is 276 Å². The van der Waals surface area contributed by atoms with Gasteiger partial charge in [0.25, 0.3) is 0 Å². The highest BCUT2D eigenvalue weighted by molar-refractivity contribution is 5.90. The van der Waals surface area contributed by atoms with Gasteiger partial charge in [-0.2, -0.15) is 4.89 Å². The smallest absolute Gasteiger partial charge is 0.317 e. The van der Waals surface area contributed by atoms with Gasteiger partial charge in [0, 0.05) is 30.4 Å². The van der Waals surface area contributed by atoms with Crippen LogP contribution in [0.4, 0.5) is 0 Å². The highest BCUT2D eigenvalue weighted by Gasteiger charge is 2.48. The average Bonchev–Trinajstić information content (AvgIpc) is 3.67. The molecule has 15 heteroatoms. The number of hydrogen-bond acceptors (Lipinski definition) is 14. The van der Waals surface area contributed by atoms with Crippen LogP contribution in [-0.4, -0.2) is 96.3 Å². The Morgan fingerprint density at radius 3 is 2.54 bits per heavy atom. The van der Waals surface area contributed by atoms with Crippen LogP contribution in [-0.2, 0) is 35.1 Å². The van der Waals surface area contributed by atoms with E-state index in [0.717, 1.165) is 36.0 Å². The first kappa shape index (κ1) is 34.0. The molecule has 2 aromatic carbocycles. The summed E-state index contributed by atoms with van der Waals surface area (Å²) in [6.45, 7) is 1.99. The fourth-order valence-electron chi connectivity index (χ4n) is 6.31. The van der Waals surface area contributed by atoms with Crippen molar-refractivity contribution in [3.8, 4) is 28.7 Å². The summed E-state index contributed by atoms with van der Waals surface area (Å²) in [4.78, 5) is 34.0. The van der Waals surface area contributed by atoms with E-state index in [1.807, 2.05) is 12.1 Å². The lowest BCUT2D eigenvalue weighted by molar-refractivity contribution is -0.368. The van der Waals surface area contributed by atoms with Crippen LogP contribution in [0.1, 0.15) is 67.7 Å². The van der Waals surface area contributed by atoms with Gasteiger partial charge in [-0.05, 0) is 43.0 Å². The summed E-state index contributed by atoms with van der Waals surface area (Å²) in [5.74, 6) is 0.425. The number of carboxylic acid groups (broad SMARTS) is 1. The van der Waals surface area contributed by atoms with Crippen molar-refractivity contribution >= 4 is 11.9 Å². The molecule has 0 aromatic heterocycles. The lowest BCUT2D eigenvalue weighted by Crippen LogP contribution is -2.60. The van der Waals surface area contributed by atoms with Crippen LogP contribution in [0.2, 0.25) is 0 Å². The number of carbonyl (C=O) groups is 2. The Hall–Kier alpha value is -3.86. The quantitative estimate of drug-likeness (QED) is 0.0704. The largest absolute Gasteiger partial charge is 0.492 e. The molecular formula is C33H40O15. The number of aliphatic hydroxyl groups is 3. The molecule has 48 heavy (non-hydrogen) atoms. The normalized spacial score (nSPS) is 26.5. The first-order valence-corrected chi connectivity index (χ1v) is 16.1. The lowest BCUT2D eigenvalue weighted by atomic mass is 9.87. The van der Waals surface area contributed by atoms with Crippen molar-refractivity contribution in [2.24, 2.45) is 0 Å². The van der Waals surface area contributed by atoms with Crippen LogP contribution < -0.4 is 23.8 Å². The molecule has 4 aliphatic rings. The van der Waals surface area contributed by atoms with E-state index in [1.54, 1.807) is 12.1 Å². The minimum atomic E-state index is -1.74. The van der Waals surface area contributed by atoms with E-state index >= 15 is 0 Å². The average molecular weight is 677 g/mol. The number of rotatable bonds is 15. The molecule has 0 radical (unpaired) electrons. The number of hydrogen-bond donors (Lipinski definition) is 4. The van der Waals surface area contributed by atoms with Crippen molar-refractivity contribution in [1.82, 2.24) is 0 Å². The molecule has 0 saturated carbocycles. The fraction of sp³-hybridized carbons (Fsp3) is 0.576. The molecule has 4 N–H and O–H groups in total. The highest BCUT2D eigenvalue weighted by atomic mass is 17.2. The van der Waals surface area contributed by atoms with Crippen LogP contribution in [0.3, 0.4) is 0 Å². The zero-order chi connectivity index (χ0) is 33.8. The second-order valence-electron chi connectivity index (χ2n) is 12.0. The SMILES string of the molecule is CCCCCc1cc(OO[C@@H]2[C@@H](O)[C@H](OCCCO)[C@@H](COC(=O)CC(=O)O)O[C@H]2O)cc2c1OC[C@@H]1c3cc4c(cc3O[C@H]21)OCO4. The topological polar surface area (TPSA) is 198 Å². The van der Waals surface area contributed by atoms with Crippen LogP contribution >= 0.6 is 0 Å². The number of carbonyl (C=O) groups excluding carboxylic acids is 1. The first-order chi connectivity index (χ1) is 23.3. The summed E-state index contributed by atoms with van der Waals surface area (Å²) in [5, 5.41) is 40.0. The number of esters is 1. The van der Waals surface area contributed by atoms with Gasteiger partial charge in [-0.1, -0.05) is 19.8 Å². The molecule has 0 unspecified atom stereocenters. The predicted octanol–water partition coefficient (Wildman–Crippen LogP) is 2.30. The minimum Gasteiger partial charge on any atom is -0.492 e. The van der Waals surface area contributed by atoms with Crippen LogP contribution in [0.5, 0.6) is 28.7 Å². The zero-order valence-corrected chi connectivity index (χ0v) is 26.4. The van der Waals surface area contributed by atoms with Crippen molar-refractivity contribution < 1.29 is 72.9 Å². The van der Waals surface area contributed by atoms with Crippen molar-refractivity contribution in [3.63, 3.8) is 0 Å². The van der Waals surface area contributed by atoms with Gasteiger partial charge in [-0.15, -0.1) is 0 Å². The molecule has 1 saturated heterocycles. The van der Waals surface area contributed by atoms with Gasteiger partial charge in [-0.25, -0.2) is 0 Å². The summed E-state index contributed by atoms with van der Waals surface area (Å²) >= 11 is 0. The van der Waals surface area contributed by atoms with Gasteiger partial charge in [0.2, 0.25) is 6.79 Å². The van der Waals surface area contributed by atoms with Crippen molar-refractivity contribution in [2.45, 2.75) is 88.2 Å². The van der Waals surface area contributed by atoms with Gasteiger partial charge < -0.3 is 58.5 Å². The number of fused-ring (bicyclic) bond motifs is 6. The Morgan fingerprint density at radius 2 is 1.77 bits per heavy atom. The zero-order valence-electron chi connectivity index (χ0n) is 26.4. The van der Waals surface area contributed by atoms with Crippen LogP contribution in [0, 0.1) is 0 Å². The molecule has 0 aliphatic carbocycles. The molecule has 2 aromatic rings. The number of aryl methyl sites for hydroxylation is 1. The molecule has 15 nitrogen and oxygen atoms in total. The van der Waals surface area contributed by atoms with E-state index in [4.69, 9.17) is 48.0 Å². The first-order valence-electron chi connectivity index (χ1n) is 16.1. The number of aliphatic hydroxyl groups excluding tert-OH is 3. The summed E-state index contributed by atoms with van der Waals surface area (Å²) in [7, 11) is 0. The third-order valence-corrected chi connectivity index (χ3v) is 8.66. The molecule has 7 atom stereocenters. The molecule has 4 aliphatic heterocycles. The third kappa shape index (κ3) is 7.26. The van der Waals surface area contributed by atoms with E-state index < -0.39 is 55.7 Å². The summed E-state index contributed by atoms with van der Waals surface area (Å²) in [5.41, 5.74) is 2.60.